The van der Waals surface area contributed by atoms with Crippen LogP contribution in [0.3, 0.4) is 0 Å². The van der Waals surface area contributed by atoms with Gasteiger partial charge in [0, 0.05) is 25.6 Å². The van der Waals surface area contributed by atoms with Crippen LogP contribution < -0.4 is 5.32 Å². The van der Waals surface area contributed by atoms with Gasteiger partial charge in [-0.15, -0.1) is 0 Å². The third-order valence-corrected chi connectivity index (χ3v) is 4.14. The predicted molar refractivity (Wildman–Crippen MR) is 71.5 cm³/mol. The lowest BCUT2D eigenvalue weighted by atomic mass is 10.1. The van der Waals surface area contributed by atoms with Gasteiger partial charge < -0.3 is 15.0 Å². The Kier molecular flexibility index (Phi) is 5.01. The molecule has 2 aliphatic rings. The number of likely N-dealkylation sites (N-methyl/N-ethyl adjacent to an activating group) is 1. The van der Waals surface area contributed by atoms with E-state index in [9.17, 15) is 4.79 Å². The molecule has 0 aromatic rings. The summed E-state index contributed by atoms with van der Waals surface area (Å²) in [7, 11) is 1.95. The largest absolute Gasteiger partial charge is 0.375 e. The average molecular weight is 254 g/mol. The Morgan fingerprint density at radius 3 is 2.89 bits per heavy atom. The van der Waals surface area contributed by atoms with Crippen LogP contribution in [-0.2, 0) is 9.53 Å². The zero-order valence-electron chi connectivity index (χ0n) is 11.7. The average Bonchev–Trinajstić information content (AvgIpc) is 2.96. The molecule has 1 amide bonds. The number of carbonyl (C=O) groups excluding carboxylic acids is 1. The molecule has 0 unspecified atom stereocenters. The zero-order chi connectivity index (χ0) is 13.0. The van der Waals surface area contributed by atoms with E-state index in [1.807, 2.05) is 7.05 Å². The zero-order valence-corrected chi connectivity index (χ0v) is 11.7. The van der Waals surface area contributed by atoms with Crippen molar-refractivity contribution in [2.45, 2.75) is 63.7 Å². The standard InChI is InChI=1S/C14H26N2O2/c1-11-5-6-13(18-11)7-8-14(17)16-9-3-4-12(16)10-15-2/h11-13,15H,3-10H2,1-2H3/t11-,12-,13+/m0/s1. The van der Waals surface area contributed by atoms with E-state index in [0.717, 1.165) is 45.2 Å². The van der Waals surface area contributed by atoms with Crippen molar-refractivity contribution < 1.29 is 9.53 Å². The van der Waals surface area contributed by atoms with Gasteiger partial charge in [-0.1, -0.05) is 0 Å². The lowest BCUT2D eigenvalue weighted by Gasteiger charge is -2.25. The molecule has 0 bridgehead atoms. The first-order valence-electron chi connectivity index (χ1n) is 7.30. The van der Waals surface area contributed by atoms with Gasteiger partial charge in [0.2, 0.25) is 5.91 Å². The van der Waals surface area contributed by atoms with Gasteiger partial charge in [-0.3, -0.25) is 4.79 Å². The lowest BCUT2D eigenvalue weighted by Crippen LogP contribution is -2.41. The van der Waals surface area contributed by atoms with Gasteiger partial charge in [0.05, 0.1) is 12.2 Å². The number of likely N-dealkylation sites (tertiary alicyclic amines) is 1. The number of nitrogens with one attached hydrogen (secondary N) is 1. The molecule has 0 aromatic carbocycles. The van der Waals surface area contributed by atoms with Crippen LogP contribution in [0.2, 0.25) is 0 Å². The number of hydrogen-bond donors (Lipinski definition) is 1. The van der Waals surface area contributed by atoms with E-state index in [2.05, 4.69) is 17.1 Å². The number of amides is 1. The Balaban J connectivity index is 1.73. The van der Waals surface area contributed by atoms with Crippen molar-refractivity contribution in [2.75, 3.05) is 20.1 Å². The smallest absolute Gasteiger partial charge is 0.222 e. The minimum Gasteiger partial charge on any atom is -0.375 e. The van der Waals surface area contributed by atoms with Crippen molar-refractivity contribution in [3.8, 4) is 0 Å². The first-order valence-corrected chi connectivity index (χ1v) is 7.30. The number of ether oxygens (including phenoxy) is 1. The monoisotopic (exact) mass is 254 g/mol. The summed E-state index contributed by atoms with van der Waals surface area (Å²) in [6.45, 7) is 3.97. The molecule has 2 saturated heterocycles. The molecule has 0 radical (unpaired) electrons. The highest BCUT2D eigenvalue weighted by atomic mass is 16.5. The summed E-state index contributed by atoms with van der Waals surface area (Å²) in [5, 5.41) is 3.18. The summed E-state index contributed by atoms with van der Waals surface area (Å²) in [4.78, 5) is 14.3. The molecule has 0 saturated carbocycles. The number of rotatable bonds is 5. The van der Waals surface area contributed by atoms with E-state index in [-0.39, 0.29) is 0 Å². The molecule has 18 heavy (non-hydrogen) atoms. The molecule has 1 N–H and O–H groups in total. The molecule has 0 aromatic heterocycles. The Hall–Kier alpha value is -0.610. The topological polar surface area (TPSA) is 41.6 Å². The fourth-order valence-electron chi connectivity index (χ4n) is 3.14. The highest BCUT2D eigenvalue weighted by molar-refractivity contribution is 5.76. The van der Waals surface area contributed by atoms with E-state index in [1.54, 1.807) is 0 Å². The normalized spacial score (nSPS) is 32.1. The van der Waals surface area contributed by atoms with Crippen molar-refractivity contribution in [1.29, 1.82) is 0 Å². The van der Waals surface area contributed by atoms with Gasteiger partial charge in [0.15, 0.2) is 0 Å². The molecule has 104 valence electrons. The van der Waals surface area contributed by atoms with Crippen LogP contribution in [0, 0.1) is 0 Å². The van der Waals surface area contributed by atoms with E-state index in [0.29, 0.717) is 30.6 Å². The minimum atomic E-state index is 0.314. The SMILES string of the molecule is CNC[C@@H]1CCCN1C(=O)CC[C@H]1CC[C@H](C)O1. The Morgan fingerprint density at radius 1 is 1.39 bits per heavy atom. The number of nitrogens with zero attached hydrogens (tertiary/aromatic N) is 1. The van der Waals surface area contributed by atoms with E-state index < -0.39 is 0 Å². The molecule has 3 atom stereocenters. The molecule has 4 heteroatoms. The highest BCUT2D eigenvalue weighted by Gasteiger charge is 2.29. The fourth-order valence-corrected chi connectivity index (χ4v) is 3.14. The maximum absolute atomic E-state index is 12.2. The lowest BCUT2D eigenvalue weighted by molar-refractivity contribution is -0.132. The van der Waals surface area contributed by atoms with E-state index >= 15 is 0 Å². The third-order valence-electron chi connectivity index (χ3n) is 4.14. The molecule has 2 rings (SSSR count). The second-order valence-corrected chi connectivity index (χ2v) is 5.63. The van der Waals surface area contributed by atoms with Crippen LogP contribution in [-0.4, -0.2) is 49.2 Å². The molecule has 2 fully saturated rings. The first-order chi connectivity index (χ1) is 8.70. The molecule has 2 heterocycles. The van der Waals surface area contributed by atoms with Gasteiger partial charge in [-0.2, -0.15) is 0 Å². The van der Waals surface area contributed by atoms with Crippen molar-refractivity contribution in [3.63, 3.8) is 0 Å². The van der Waals surface area contributed by atoms with Crippen LogP contribution in [0.15, 0.2) is 0 Å². The minimum absolute atomic E-state index is 0.314. The summed E-state index contributed by atoms with van der Waals surface area (Å²) < 4.78 is 5.77. The van der Waals surface area contributed by atoms with Crippen molar-refractivity contribution in [3.05, 3.63) is 0 Å². The number of carbonyl (C=O) groups is 1. The van der Waals surface area contributed by atoms with Crippen LogP contribution in [0.1, 0.15) is 45.4 Å². The summed E-state index contributed by atoms with van der Waals surface area (Å²) in [5.74, 6) is 0.316. The van der Waals surface area contributed by atoms with Crippen LogP contribution in [0.5, 0.6) is 0 Å². The maximum Gasteiger partial charge on any atom is 0.222 e. The van der Waals surface area contributed by atoms with Crippen molar-refractivity contribution in [1.82, 2.24) is 10.2 Å². The van der Waals surface area contributed by atoms with Gasteiger partial charge in [0.1, 0.15) is 0 Å². The van der Waals surface area contributed by atoms with Crippen molar-refractivity contribution >= 4 is 5.91 Å². The Morgan fingerprint density at radius 2 is 2.22 bits per heavy atom. The van der Waals surface area contributed by atoms with Gasteiger partial charge in [-0.05, 0) is 46.1 Å². The van der Waals surface area contributed by atoms with E-state index in [4.69, 9.17) is 4.74 Å². The first kappa shape index (κ1) is 13.8. The molecule has 4 nitrogen and oxygen atoms in total. The Labute approximate surface area is 110 Å². The number of hydrogen-bond acceptors (Lipinski definition) is 3. The second-order valence-electron chi connectivity index (χ2n) is 5.63. The Bertz CT molecular complexity index is 283. The molecule has 0 aliphatic carbocycles. The second kappa shape index (κ2) is 6.53. The van der Waals surface area contributed by atoms with Crippen LogP contribution in [0.25, 0.3) is 0 Å². The molecular formula is C14H26N2O2. The van der Waals surface area contributed by atoms with Crippen molar-refractivity contribution in [2.24, 2.45) is 0 Å². The van der Waals surface area contributed by atoms with Gasteiger partial charge >= 0.3 is 0 Å². The molecular weight excluding hydrogens is 228 g/mol. The third kappa shape index (κ3) is 3.45. The predicted octanol–water partition coefficient (Wildman–Crippen LogP) is 1.54. The van der Waals surface area contributed by atoms with Crippen LogP contribution in [0.4, 0.5) is 0 Å². The fraction of sp³-hybridized carbons (Fsp3) is 0.929. The van der Waals surface area contributed by atoms with E-state index in [1.165, 1.54) is 0 Å². The van der Waals surface area contributed by atoms with Crippen LogP contribution >= 0.6 is 0 Å². The summed E-state index contributed by atoms with van der Waals surface area (Å²) >= 11 is 0. The molecule has 0 spiro atoms. The van der Waals surface area contributed by atoms with Gasteiger partial charge in [-0.25, -0.2) is 0 Å². The molecule has 2 aliphatic heterocycles. The summed E-state index contributed by atoms with van der Waals surface area (Å²) in [6.07, 6.45) is 6.80. The summed E-state index contributed by atoms with van der Waals surface area (Å²) in [6, 6.07) is 0.408. The quantitative estimate of drug-likeness (QED) is 0.809. The van der Waals surface area contributed by atoms with Gasteiger partial charge in [0.25, 0.3) is 0 Å². The highest BCUT2D eigenvalue weighted by Crippen LogP contribution is 2.24. The maximum atomic E-state index is 12.2. The summed E-state index contributed by atoms with van der Waals surface area (Å²) in [5.41, 5.74) is 0.